The van der Waals surface area contributed by atoms with Gasteiger partial charge in [0.2, 0.25) is 5.91 Å². The highest BCUT2D eigenvalue weighted by Crippen LogP contribution is 2.38. The maximum atomic E-state index is 11.8. The topological polar surface area (TPSA) is 59.0 Å². The number of aliphatic hydroxyl groups is 1. The van der Waals surface area contributed by atoms with Crippen LogP contribution < -0.4 is 9.47 Å². The number of rotatable bonds is 5. The van der Waals surface area contributed by atoms with Gasteiger partial charge in [0, 0.05) is 19.0 Å². The Morgan fingerprint density at radius 2 is 2.00 bits per heavy atom. The van der Waals surface area contributed by atoms with Gasteiger partial charge in [-0.15, -0.1) is 0 Å². The normalized spacial score (nSPS) is 24.4. The van der Waals surface area contributed by atoms with Crippen LogP contribution in [0.2, 0.25) is 0 Å². The number of carbonyl (C=O) groups excluding carboxylic acids is 1. The zero-order chi connectivity index (χ0) is 17.1. The Hall–Kier alpha value is -1.75. The molecule has 2 atom stereocenters. The largest absolute Gasteiger partial charge is 0.493 e. The SMILES string of the molecule is COc1ccc([C@@H]2CN(C(=O)CO)CC2C)cc1OC1CCCC1. The third-order valence-corrected chi connectivity index (χ3v) is 5.31. The standard InChI is InChI=1S/C19H27NO4/c1-13-10-20(19(22)12-21)11-16(13)14-7-8-17(23-2)18(9-14)24-15-5-3-4-6-15/h7-9,13,15-16,21H,3-6,10-12H2,1-2H3/t13?,16-/m1/s1. The first kappa shape index (κ1) is 17.1. The lowest BCUT2D eigenvalue weighted by atomic mass is 9.90. The van der Waals surface area contributed by atoms with Gasteiger partial charge in [-0.25, -0.2) is 0 Å². The first-order valence-corrected chi connectivity index (χ1v) is 8.85. The van der Waals surface area contributed by atoms with Crippen LogP contribution in [0.15, 0.2) is 18.2 Å². The second-order valence-corrected chi connectivity index (χ2v) is 6.98. The predicted molar refractivity (Wildman–Crippen MR) is 91.4 cm³/mol. The molecule has 1 aromatic rings. The summed E-state index contributed by atoms with van der Waals surface area (Å²) >= 11 is 0. The lowest BCUT2D eigenvalue weighted by Gasteiger charge is -2.20. The van der Waals surface area contributed by atoms with Crippen LogP contribution in [-0.4, -0.2) is 48.8 Å². The summed E-state index contributed by atoms with van der Waals surface area (Å²) in [6.07, 6.45) is 4.94. The number of hydrogen-bond donors (Lipinski definition) is 1. The summed E-state index contributed by atoms with van der Waals surface area (Å²) in [5.41, 5.74) is 1.17. The first-order valence-electron chi connectivity index (χ1n) is 8.85. The molecular formula is C19H27NO4. The Morgan fingerprint density at radius 1 is 1.25 bits per heavy atom. The Morgan fingerprint density at radius 3 is 2.67 bits per heavy atom. The van der Waals surface area contributed by atoms with Gasteiger partial charge >= 0.3 is 0 Å². The van der Waals surface area contributed by atoms with Crippen molar-refractivity contribution in [3.05, 3.63) is 23.8 Å². The number of ether oxygens (including phenoxy) is 2. The summed E-state index contributed by atoms with van der Waals surface area (Å²) in [5.74, 6) is 1.99. The Bertz CT molecular complexity index is 583. The van der Waals surface area contributed by atoms with E-state index in [1.54, 1.807) is 12.0 Å². The van der Waals surface area contributed by atoms with E-state index in [1.165, 1.54) is 18.4 Å². The second kappa shape index (κ2) is 7.43. The molecule has 1 saturated heterocycles. The van der Waals surface area contributed by atoms with Gasteiger partial charge in [0.25, 0.3) is 0 Å². The zero-order valence-electron chi connectivity index (χ0n) is 14.5. The summed E-state index contributed by atoms with van der Waals surface area (Å²) in [6.45, 7) is 3.07. The van der Waals surface area contributed by atoms with Gasteiger partial charge in [0.1, 0.15) is 6.61 Å². The molecule has 5 nitrogen and oxygen atoms in total. The van der Waals surface area contributed by atoms with Crippen molar-refractivity contribution in [2.75, 3.05) is 26.8 Å². The van der Waals surface area contributed by atoms with E-state index in [1.807, 2.05) is 6.07 Å². The minimum Gasteiger partial charge on any atom is -0.493 e. The van der Waals surface area contributed by atoms with E-state index >= 15 is 0 Å². The van der Waals surface area contributed by atoms with E-state index in [2.05, 4.69) is 19.1 Å². The molecule has 0 aromatic heterocycles. The molecule has 1 unspecified atom stereocenters. The van der Waals surface area contributed by atoms with Crippen molar-refractivity contribution in [3.63, 3.8) is 0 Å². The van der Waals surface area contributed by atoms with Gasteiger partial charge in [-0.2, -0.15) is 0 Å². The molecule has 0 bridgehead atoms. The van der Waals surface area contributed by atoms with Crippen molar-refractivity contribution in [2.45, 2.75) is 44.6 Å². The molecule has 0 radical (unpaired) electrons. The molecule has 1 N–H and O–H groups in total. The number of nitrogens with zero attached hydrogens (tertiary/aromatic N) is 1. The molecule has 24 heavy (non-hydrogen) atoms. The first-order chi connectivity index (χ1) is 11.6. The van der Waals surface area contributed by atoms with Crippen LogP contribution in [0.5, 0.6) is 11.5 Å². The number of benzene rings is 1. The second-order valence-electron chi connectivity index (χ2n) is 6.98. The van der Waals surface area contributed by atoms with Crippen LogP contribution in [0.25, 0.3) is 0 Å². The highest BCUT2D eigenvalue weighted by molar-refractivity contribution is 5.77. The molecule has 3 rings (SSSR count). The third-order valence-electron chi connectivity index (χ3n) is 5.31. The molecular weight excluding hydrogens is 306 g/mol. The van der Waals surface area contributed by atoms with Gasteiger partial charge in [0.15, 0.2) is 11.5 Å². The van der Waals surface area contributed by atoms with E-state index in [4.69, 9.17) is 14.6 Å². The van der Waals surface area contributed by atoms with Gasteiger partial charge < -0.3 is 19.5 Å². The maximum Gasteiger partial charge on any atom is 0.248 e. The number of aliphatic hydroxyl groups excluding tert-OH is 1. The molecule has 1 aliphatic carbocycles. The van der Waals surface area contributed by atoms with E-state index in [0.29, 0.717) is 19.0 Å². The number of amides is 1. The molecule has 1 aromatic carbocycles. The quantitative estimate of drug-likeness (QED) is 0.900. The van der Waals surface area contributed by atoms with Crippen molar-refractivity contribution >= 4 is 5.91 Å². The summed E-state index contributed by atoms with van der Waals surface area (Å²) < 4.78 is 11.6. The fourth-order valence-electron chi connectivity index (χ4n) is 3.91. The molecule has 1 heterocycles. The van der Waals surface area contributed by atoms with E-state index < -0.39 is 6.61 Å². The van der Waals surface area contributed by atoms with Gasteiger partial charge in [0.05, 0.1) is 13.2 Å². The predicted octanol–water partition coefficient (Wildman–Crippen LogP) is 2.57. The van der Waals surface area contributed by atoms with Crippen LogP contribution in [0.4, 0.5) is 0 Å². The summed E-state index contributed by atoms with van der Waals surface area (Å²) in [4.78, 5) is 13.5. The highest BCUT2D eigenvalue weighted by Gasteiger charge is 2.33. The monoisotopic (exact) mass is 333 g/mol. The third kappa shape index (κ3) is 3.51. The van der Waals surface area contributed by atoms with Crippen molar-refractivity contribution in [1.29, 1.82) is 0 Å². The Labute approximate surface area is 143 Å². The van der Waals surface area contributed by atoms with Crippen molar-refractivity contribution in [3.8, 4) is 11.5 Å². The molecule has 1 saturated carbocycles. The summed E-state index contributed by atoms with van der Waals surface area (Å²) in [7, 11) is 1.66. The van der Waals surface area contributed by atoms with Crippen molar-refractivity contribution < 1.29 is 19.4 Å². The van der Waals surface area contributed by atoms with E-state index in [0.717, 1.165) is 24.3 Å². The average Bonchev–Trinajstić information content (AvgIpc) is 3.23. The fourth-order valence-corrected chi connectivity index (χ4v) is 3.91. The minimum absolute atomic E-state index is 0.194. The van der Waals surface area contributed by atoms with Crippen LogP contribution >= 0.6 is 0 Å². The molecule has 5 heteroatoms. The van der Waals surface area contributed by atoms with Gasteiger partial charge in [-0.3, -0.25) is 4.79 Å². The van der Waals surface area contributed by atoms with E-state index in [-0.39, 0.29) is 17.9 Å². The van der Waals surface area contributed by atoms with Crippen molar-refractivity contribution in [2.24, 2.45) is 5.92 Å². The fraction of sp³-hybridized carbons (Fsp3) is 0.632. The molecule has 1 aliphatic heterocycles. The summed E-state index contributed by atoms with van der Waals surface area (Å²) in [5, 5.41) is 9.08. The minimum atomic E-state index is -0.419. The van der Waals surface area contributed by atoms with Crippen LogP contribution in [-0.2, 0) is 4.79 Å². The van der Waals surface area contributed by atoms with Gasteiger partial charge in [-0.05, 0) is 49.3 Å². The van der Waals surface area contributed by atoms with Crippen molar-refractivity contribution in [1.82, 2.24) is 4.90 Å². The molecule has 2 aliphatic rings. The van der Waals surface area contributed by atoms with Gasteiger partial charge in [-0.1, -0.05) is 13.0 Å². The molecule has 0 spiro atoms. The van der Waals surface area contributed by atoms with Crippen LogP contribution in [0, 0.1) is 5.92 Å². The maximum absolute atomic E-state index is 11.8. The molecule has 2 fully saturated rings. The highest BCUT2D eigenvalue weighted by atomic mass is 16.5. The average molecular weight is 333 g/mol. The number of methoxy groups -OCH3 is 1. The van der Waals surface area contributed by atoms with Crippen LogP contribution in [0.1, 0.15) is 44.1 Å². The lowest BCUT2D eigenvalue weighted by molar-refractivity contribution is -0.133. The molecule has 132 valence electrons. The number of carbonyl (C=O) groups is 1. The van der Waals surface area contributed by atoms with Crippen LogP contribution in [0.3, 0.4) is 0 Å². The lowest BCUT2D eigenvalue weighted by Crippen LogP contribution is -2.31. The zero-order valence-corrected chi connectivity index (χ0v) is 14.5. The summed E-state index contributed by atoms with van der Waals surface area (Å²) in [6, 6.07) is 6.10. The number of likely N-dealkylation sites (tertiary alicyclic amines) is 1. The smallest absolute Gasteiger partial charge is 0.248 e. The van der Waals surface area contributed by atoms with E-state index in [9.17, 15) is 4.79 Å². The Kier molecular flexibility index (Phi) is 5.29. The number of hydrogen-bond acceptors (Lipinski definition) is 4. The Balaban J connectivity index is 1.79. The molecule has 1 amide bonds.